The van der Waals surface area contributed by atoms with Crippen LogP contribution in [0.15, 0.2) is 0 Å². The molecule has 0 heterocycles. The summed E-state index contributed by atoms with van der Waals surface area (Å²) in [6, 6.07) is 0. The van der Waals surface area contributed by atoms with Crippen LogP contribution in [0.3, 0.4) is 0 Å². The van der Waals surface area contributed by atoms with Crippen LogP contribution in [-0.4, -0.2) is 32.4 Å². The van der Waals surface area contributed by atoms with Gasteiger partial charge in [0.2, 0.25) is 0 Å². The first kappa shape index (κ1) is 11.7. The molecule has 0 radical (unpaired) electrons. The normalized spacial score (nSPS) is 15.1. The molecule has 0 fully saturated rings. The number of halogens is 2. The van der Waals surface area contributed by atoms with Crippen molar-refractivity contribution in [2.45, 2.75) is 12.7 Å². The van der Waals surface area contributed by atoms with Crippen molar-refractivity contribution in [2.75, 3.05) is 13.2 Å². The lowest BCUT2D eigenvalue weighted by Gasteiger charge is -2.08. The summed E-state index contributed by atoms with van der Waals surface area (Å²) in [5.41, 5.74) is 0. The van der Waals surface area contributed by atoms with E-state index in [1.165, 1.54) is 6.92 Å². The predicted octanol–water partition coefficient (Wildman–Crippen LogP) is -0.243. The minimum absolute atomic E-state index is 0.177. The van der Waals surface area contributed by atoms with E-state index in [1.807, 2.05) is 0 Å². The van der Waals surface area contributed by atoms with Crippen LogP contribution >= 0.6 is 0 Å². The molecule has 1 atom stereocenters. The van der Waals surface area contributed by atoms with Gasteiger partial charge < -0.3 is 5.11 Å². The fourth-order valence-corrected chi connectivity index (χ4v) is 1.03. The van der Waals surface area contributed by atoms with Crippen molar-refractivity contribution in [1.29, 1.82) is 0 Å². The zero-order valence-electron chi connectivity index (χ0n) is 6.50. The van der Waals surface area contributed by atoms with E-state index < -0.39 is 15.8 Å². The van der Waals surface area contributed by atoms with Gasteiger partial charge in [-0.3, -0.25) is 0 Å². The molecule has 12 heavy (non-hydrogen) atoms. The highest BCUT2D eigenvalue weighted by Gasteiger charge is 2.23. The van der Waals surface area contributed by atoms with E-state index in [0.717, 1.165) is 0 Å². The molecule has 0 bridgehead atoms. The Hall–Kier alpha value is -0.270. The van der Waals surface area contributed by atoms with Gasteiger partial charge in [-0.1, -0.05) is 6.92 Å². The van der Waals surface area contributed by atoms with Crippen molar-refractivity contribution in [3.05, 3.63) is 0 Å². The van der Waals surface area contributed by atoms with Gasteiger partial charge in [-0.25, -0.2) is 13.1 Å². The van der Waals surface area contributed by atoms with E-state index in [9.17, 15) is 17.2 Å². The average molecular weight is 203 g/mol. The number of sulfonamides is 1. The van der Waals surface area contributed by atoms with E-state index in [2.05, 4.69) is 0 Å². The van der Waals surface area contributed by atoms with Gasteiger partial charge in [0, 0.05) is 13.2 Å². The van der Waals surface area contributed by atoms with Gasteiger partial charge >= 0.3 is 5.76 Å². The highest BCUT2D eigenvalue weighted by atomic mass is 32.2. The minimum atomic E-state index is -4.50. The van der Waals surface area contributed by atoms with Crippen LogP contribution in [0, 0.1) is 5.92 Å². The maximum Gasteiger partial charge on any atom is 0.350 e. The number of hydrogen-bond acceptors (Lipinski definition) is 3. The molecule has 0 rings (SSSR count). The summed E-state index contributed by atoms with van der Waals surface area (Å²) in [7, 11) is -4.50. The number of hydrogen-bond donors (Lipinski definition) is 2. The molecule has 0 aromatic heterocycles. The molecule has 0 aromatic rings. The summed E-state index contributed by atoms with van der Waals surface area (Å²) in [6.07, 6.45) is 0. The second-order valence-corrected chi connectivity index (χ2v) is 4.18. The molecule has 0 aliphatic carbocycles. The number of alkyl halides is 2. The summed E-state index contributed by atoms with van der Waals surface area (Å²) in [5.74, 6) is -3.78. The van der Waals surface area contributed by atoms with E-state index in [4.69, 9.17) is 5.11 Å². The fraction of sp³-hybridized carbons (Fsp3) is 1.00. The molecule has 0 saturated heterocycles. The Morgan fingerprint density at radius 1 is 1.50 bits per heavy atom. The molecule has 2 N–H and O–H groups in total. The molecule has 0 amide bonds. The van der Waals surface area contributed by atoms with Crippen LogP contribution < -0.4 is 4.72 Å². The standard InChI is InChI=1S/C5H11F2NO3S/c1-4(3-9)2-8-12(10,11)5(6)7/h4-5,8-9H,2-3H2,1H3. The summed E-state index contributed by atoms with van der Waals surface area (Å²) in [5, 5.41) is 8.45. The SMILES string of the molecule is CC(CO)CNS(=O)(=O)C(F)F. The largest absolute Gasteiger partial charge is 0.396 e. The third-order valence-electron chi connectivity index (χ3n) is 1.18. The van der Waals surface area contributed by atoms with Gasteiger partial charge in [-0.2, -0.15) is 8.78 Å². The van der Waals surface area contributed by atoms with Gasteiger partial charge in [-0.05, 0) is 5.92 Å². The van der Waals surface area contributed by atoms with E-state index >= 15 is 0 Å². The third-order valence-corrected chi connectivity index (χ3v) is 2.22. The zero-order chi connectivity index (χ0) is 9.78. The van der Waals surface area contributed by atoms with Gasteiger partial charge in [0.05, 0.1) is 0 Å². The minimum Gasteiger partial charge on any atom is -0.396 e. The first-order valence-electron chi connectivity index (χ1n) is 3.27. The summed E-state index contributed by atoms with van der Waals surface area (Å²) < 4.78 is 45.8. The van der Waals surface area contributed by atoms with E-state index in [-0.39, 0.29) is 19.1 Å². The van der Waals surface area contributed by atoms with E-state index in [0.29, 0.717) is 0 Å². The lowest BCUT2D eigenvalue weighted by molar-refractivity contribution is 0.225. The summed E-state index contributed by atoms with van der Waals surface area (Å²) in [4.78, 5) is 0. The molecular weight excluding hydrogens is 192 g/mol. The Balaban J connectivity index is 3.94. The molecule has 0 aromatic carbocycles. The van der Waals surface area contributed by atoms with Crippen molar-refractivity contribution in [2.24, 2.45) is 5.92 Å². The Kier molecular flexibility index (Phi) is 4.58. The average Bonchev–Trinajstić information content (AvgIpc) is 2.00. The van der Waals surface area contributed by atoms with Crippen LogP contribution in [0.5, 0.6) is 0 Å². The van der Waals surface area contributed by atoms with Gasteiger partial charge in [-0.15, -0.1) is 0 Å². The molecule has 0 spiro atoms. The van der Waals surface area contributed by atoms with Crippen LogP contribution in [0.4, 0.5) is 8.78 Å². The monoisotopic (exact) mass is 203 g/mol. The van der Waals surface area contributed by atoms with Crippen molar-refractivity contribution in [1.82, 2.24) is 4.72 Å². The summed E-state index contributed by atoms with van der Waals surface area (Å²) in [6.45, 7) is 1.11. The predicted molar refractivity (Wildman–Crippen MR) is 39.2 cm³/mol. The quantitative estimate of drug-likeness (QED) is 0.648. The first-order chi connectivity index (χ1) is 5.40. The second kappa shape index (κ2) is 4.68. The first-order valence-corrected chi connectivity index (χ1v) is 4.82. The van der Waals surface area contributed by atoms with Crippen molar-refractivity contribution >= 4 is 10.0 Å². The molecule has 74 valence electrons. The van der Waals surface area contributed by atoms with Crippen molar-refractivity contribution in [3.63, 3.8) is 0 Å². The fourth-order valence-electron chi connectivity index (χ4n) is 0.386. The molecule has 0 saturated carbocycles. The van der Waals surface area contributed by atoms with Gasteiger partial charge in [0.15, 0.2) is 0 Å². The molecule has 7 heteroatoms. The second-order valence-electron chi connectivity index (χ2n) is 2.44. The van der Waals surface area contributed by atoms with Crippen LogP contribution in [0.1, 0.15) is 6.92 Å². The van der Waals surface area contributed by atoms with Crippen LogP contribution in [0.2, 0.25) is 0 Å². The molecule has 0 aliphatic heterocycles. The number of aliphatic hydroxyl groups excluding tert-OH is 1. The Bertz CT molecular complexity index is 217. The lowest BCUT2D eigenvalue weighted by atomic mass is 10.2. The lowest BCUT2D eigenvalue weighted by Crippen LogP contribution is -2.33. The van der Waals surface area contributed by atoms with Crippen molar-refractivity contribution < 1.29 is 22.3 Å². The van der Waals surface area contributed by atoms with Gasteiger partial charge in [0.25, 0.3) is 10.0 Å². The third kappa shape index (κ3) is 3.93. The number of rotatable bonds is 5. The highest BCUT2D eigenvalue weighted by Crippen LogP contribution is 2.02. The Labute approximate surface area is 69.6 Å². The highest BCUT2D eigenvalue weighted by molar-refractivity contribution is 7.89. The van der Waals surface area contributed by atoms with Crippen molar-refractivity contribution in [3.8, 4) is 0 Å². The number of nitrogens with one attached hydrogen (secondary N) is 1. The van der Waals surface area contributed by atoms with Gasteiger partial charge in [0.1, 0.15) is 0 Å². The zero-order valence-corrected chi connectivity index (χ0v) is 7.31. The van der Waals surface area contributed by atoms with Crippen LogP contribution in [0.25, 0.3) is 0 Å². The van der Waals surface area contributed by atoms with E-state index in [1.54, 1.807) is 4.72 Å². The molecule has 4 nitrogen and oxygen atoms in total. The number of aliphatic hydroxyl groups is 1. The summed E-state index contributed by atoms with van der Waals surface area (Å²) >= 11 is 0. The molecule has 1 unspecified atom stereocenters. The smallest absolute Gasteiger partial charge is 0.350 e. The molecular formula is C5H11F2NO3S. The van der Waals surface area contributed by atoms with Crippen LogP contribution in [-0.2, 0) is 10.0 Å². The topological polar surface area (TPSA) is 66.4 Å². The maximum atomic E-state index is 11.7. The Morgan fingerprint density at radius 2 is 2.00 bits per heavy atom. The molecule has 0 aliphatic rings. The Morgan fingerprint density at radius 3 is 2.33 bits per heavy atom. The maximum absolute atomic E-state index is 11.7.